The van der Waals surface area contributed by atoms with Crippen molar-refractivity contribution < 1.29 is 4.74 Å². The van der Waals surface area contributed by atoms with E-state index < -0.39 is 0 Å². The SMILES string of the molecule is N#C[CH]c1cccc(Oc2ccc(N)cc2)c1. The van der Waals surface area contributed by atoms with E-state index in [1.54, 1.807) is 30.3 Å². The van der Waals surface area contributed by atoms with Gasteiger partial charge in [-0.3, -0.25) is 0 Å². The van der Waals surface area contributed by atoms with E-state index in [4.69, 9.17) is 15.7 Å². The number of anilines is 1. The Morgan fingerprint density at radius 3 is 2.53 bits per heavy atom. The summed E-state index contributed by atoms with van der Waals surface area (Å²) in [4.78, 5) is 0. The zero-order valence-electron chi connectivity index (χ0n) is 9.13. The number of nitriles is 1. The molecule has 0 aliphatic rings. The maximum Gasteiger partial charge on any atom is 0.127 e. The van der Waals surface area contributed by atoms with Gasteiger partial charge >= 0.3 is 0 Å². The molecule has 1 radical (unpaired) electrons. The minimum atomic E-state index is 0.693. The third kappa shape index (κ3) is 2.99. The molecule has 0 saturated heterocycles. The number of nitrogen functional groups attached to an aromatic ring is 1. The molecule has 2 aromatic rings. The van der Waals surface area contributed by atoms with Crippen molar-refractivity contribution in [2.75, 3.05) is 5.73 Å². The number of nitrogens with zero attached hydrogens (tertiary/aromatic N) is 1. The van der Waals surface area contributed by atoms with Gasteiger partial charge in [-0.1, -0.05) is 12.1 Å². The maximum atomic E-state index is 8.57. The number of rotatable bonds is 3. The molecule has 2 N–H and O–H groups in total. The number of hydrogen-bond acceptors (Lipinski definition) is 3. The van der Waals surface area contributed by atoms with Crippen molar-refractivity contribution in [3.63, 3.8) is 0 Å². The van der Waals surface area contributed by atoms with Gasteiger partial charge in [0.15, 0.2) is 0 Å². The Morgan fingerprint density at radius 2 is 1.82 bits per heavy atom. The van der Waals surface area contributed by atoms with Crippen LogP contribution in [-0.2, 0) is 0 Å². The molecule has 3 heteroatoms. The van der Waals surface area contributed by atoms with E-state index in [0.29, 0.717) is 17.2 Å². The third-order valence-corrected chi connectivity index (χ3v) is 2.21. The molecule has 3 nitrogen and oxygen atoms in total. The highest BCUT2D eigenvalue weighted by Crippen LogP contribution is 2.23. The molecule has 0 fully saturated rings. The minimum Gasteiger partial charge on any atom is -0.457 e. The largest absolute Gasteiger partial charge is 0.457 e. The Hall–Kier alpha value is -2.47. The highest BCUT2D eigenvalue weighted by Gasteiger charge is 1.99. The van der Waals surface area contributed by atoms with E-state index in [9.17, 15) is 0 Å². The monoisotopic (exact) mass is 223 g/mol. The number of hydrogen-bond donors (Lipinski definition) is 1. The van der Waals surface area contributed by atoms with Gasteiger partial charge in [-0.05, 0) is 42.0 Å². The normalized spacial score (nSPS) is 9.59. The van der Waals surface area contributed by atoms with Crippen molar-refractivity contribution in [1.29, 1.82) is 5.26 Å². The zero-order chi connectivity index (χ0) is 12.1. The first kappa shape index (κ1) is 11.0. The van der Waals surface area contributed by atoms with Crippen molar-refractivity contribution in [2.45, 2.75) is 0 Å². The Balaban J connectivity index is 2.16. The molecule has 0 aliphatic heterocycles. The second kappa shape index (κ2) is 5.04. The molecule has 0 aliphatic carbocycles. The van der Waals surface area contributed by atoms with Crippen LogP contribution in [0.4, 0.5) is 5.69 Å². The molecule has 0 unspecified atom stereocenters. The van der Waals surface area contributed by atoms with Crippen molar-refractivity contribution in [3.05, 3.63) is 60.5 Å². The van der Waals surface area contributed by atoms with Crippen LogP contribution in [0, 0.1) is 17.8 Å². The van der Waals surface area contributed by atoms with Gasteiger partial charge in [0.1, 0.15) is 11.5 Å². The molecule has 0 heterocycles. The highest BCUT2D eigenvalue weighted by atomic mass is 16.5. The molecular formula is C14H11N2O. The van der Waals surface area contributed by atoms with Crippen LogP contribution in [-0.4, -0.2) is 0 Å². The number of nitrogens with two attached hydrogens (primary N) is 1. The molecule has 0 spiro atoms. The molecule has 0 bridgehead atoms. The van der Waals surface area contributed by atoms with Gasteiger partial charge in [0.2, 0.25) is 0 Å². The van der Waals surface area contributed by atoms with Crippen LogP contribution in [0.5, 0.6) is 11.5 Å². The van der Waals surface area contributed by atoms with E-state index in [-0.39, 0.29) is 0 Å². The lowest BCUT2D eigenvalue weighted by Crippen LogP contribution is -1.87. The summed E-state index contributed by atoms with van der Waals surface area (Å²) < 4.78 is 5.64. The Labute approximate surface area is 100 Å². The van der Waals surface area contributed by atoms with E-state index in [2.05, 4.69) is 0 Å². The molecule has 0 aromatic heterocycles. The average molecular weight is 223 g/mol. The molecule has 2 rings (SSSR count). The fraction of sp³-hybridized carbons (Fsp3) is 0. The average Bonchev–Trinajstić information content (AvgIpc) is 2.33. The lowest BCUT2D eigenvalue weighted by atomic mass is 10.1. The van der Waals surface area contributed by atoms with Gasteiger partial charge in [-0.2, -0.15) is 5.26 Å². The summed E-state index contributed by atoms with van der Waals surface area (Å²) in [5.74, 6) is 1.41. The van der Waals surface area contributed by atoms with Gasteiger partial charge in [-0.25, -0.2) is 0 Å². The second-order valence-corrected chi connectivity index (χ2v) is 3.52. The minimum absolute atomic E-state index is 0.693. The lowest BCUT2D eigenvalue weighted by molar-refractivity contribution is 0.482. The smallest absolute Gasteiger partial charge is 0.127 e. The third-order valence-electron chi connectivity index (χ3n) is 2.21. The number of benzene rings is 2. The van der Waals surface area contributed by atoms with Crippen LogP contribution in [0.2, 0.25) is 0 Å². The van der Waals surface area contributed by atoms with Crippen LogP contribution in [0.1, 0.15) is 5.56 Å². The number of ether oxygens (including phenoxy) is 1. The highest BCUT2D eigenvalue weighted by molar-refractivity contribution is 5.44. The van der Waals surface area contributed by atoms with E-state index >= 15 is 0 Å². The predicted octanol–water partition coefficient (Wildman–Crippen LogP) is 3.14. The molecule has 0 atom stereocenters. The standard InChI is InChI=1S/C14H11N2O/c15-9-8-11-2-1-3-14(10-11)17-13-6-4-12(16)5-7-13/h1-8,10H,16H2. The molecule has 83 valence electrons. The first-order valence-corrected chi connectivity index (χ1v) is 5.14. The van der Waals surface area contributed by atoms with Crippen molar-refractivity contribution >= 4 is 5.69 Å². The Morgan fingerprint density at radius 1 is 1.06 bits per heavy atom. The Bertz CT molecular complexity index is 541. The molecular weight excluding hydrogens is 212 g/mol. The van der Waals surface area contributed by atoms with Gasteiger partial charge < -0.3 is 10.5 Å². The van der Waals surface area contributed by atoms with E-state index in [1.807, 2.05) is 24.3 Å². The fourth-order valence-electron chi connectivity index (χ4n) is 1.41. The fourth-order valence-corrected chi connectivity index (χ4v) is 1.41. The van der Waals surface area contributed by atoms with E-state index in [1.165, 1.54) is 6.42 Å². The molecule has 0 amide bonds. The first-order chi connectivity index (χ1) is 8.28. The topological polar surface area (TPSA) is 59.0 Å². The summed E-state index contributed by atoms with van der Waals surface area (Å²) in [6.07, 6.45) is 1.47. The summed E-state index contributed by atoms with van der Waals surface area (Å²) in [7, 11) is 0. The van der Waals surface area contributed by atoms with Gasteiger partial charge in [0.25, 0.3) is 0 Å². The summed E-state index contributed by atoms with van der Waals surface area (Å²) >= 11 is 0. The van der Waals surface area contributed by atoms with Crippen LogP contribution in [0.3, 0.4) is 0 Å². The molecule has 0 saturated carbocycles. The summed E-state index contributed by atoms with van der Waals surface area (Å²) in [5, 5.41) is 8.57. The molecule has 2 aromatic carbocycles. The summed E-state index contributed by atoms with van der Waals surface area (Å²) in [6, 6.07) is 16.5. The zero-order valence-corrected chi connectivity index (χ0v) is 9.13. The summed E-state index contributed by atoms with van der Waals surface area (Å²) in [6.45, 7) is 0. The van der Waals surface area contributed by atoms with Crippen molar-refractivity contribution in [3.8, 4) is 17.6 Å². The van der Waals surface area contributed by atoms with Crippen molar-refractivity contribution in [1.82, 2.24) is 0 Å². The quantitative estimate of drug-likeness (QED) is 0.813. The molecule has 17 heavy (non-hydrogen) atoms. The predicted molar refractivity (Wildman–Crippen MR) is 66.4 cm³/mol. The van der Waals surface area contributed by atoms with Crippen LogP contribution >= 0.6 is 0 Å². The van der Waals surface area contributed by atoms with E-state index in [0.717, 1.165) is 5.56 Å². The van der Waals surface area contributed by atoms with Crippen LogP contribution in [0.25, 0.3) is 0 Å². The maximum absolute atomic E-state index is 8.57. The van der Waals surface area contributed by atoms with Gasteiger partial charge in [0.05, 0.1) is 12.5 Å². The van der Waals surface area contributed by atoms with Crippen LogP contribution < -0.4 is 10.5 Å². The van der Waals surface area contributed by atoms with Crippen molar-refractivity contribution in [2.24, 2.45) is 0 Å². The summed E-state index contributed by atoms with van der Waals surface area (Å²) in [5.41, 5.74) is 7.11. The van der Waals surface area contributed by atoms with Gasteiger partial charge in [0, 0.05) is 5.69 Å². The first-order valence-electron chi connectivity index (χ1n) is 5.14. The second-order valence-electron chi connectivity index (χ2n) is 3.52. The Kier molecular flexibility index (Phi) is 3.27. The van der Waals surface area contributed by atoms with Gasteiger partial charge in [-0.15, -0.1) is 0 Å². The van der Waals surface area contributed by atoms with Crippen LogP contribution in [0.15, 0.2) is 48.5 Å². The lowest BCUT2D eigenvalue weighted by Gasteiger charge is -2.06.